The van der Waals surface area contributed by atoms with Gasteiger partial charge in [0.15, 0.2) is 0 Å². The van der Waals surface area contributed by atoms with Crippen LogP contribution in [-0.4, -0.2) is 17.5 Å². The predicted molar refractivity (Wildman–Crippen MR) is 68.5 cm³/mol. The Morgan fingerprint density at radius 2 is 2.18 bits per heavy atom. The summed E-state index contributed by atoms with van der Waals surface area (Å²) in [6, 6.07) is 0. The molecule has 5 atom stereocenters. The predicted octanol–water partition coefficient (Wildman–Crippen LogP) is 2.95. The lowest BCUT2D eigenvalue weighted by Gasteiger charge is -2.46. The minimum Gasteiger partial charge on any atom is -0.393 e. The number of aliphatic hydroxyl groups is 1. The van der Waals surface area contributed by atoms with Gasteiger partial charge in [-0.15, -0.1) is 0 Å². The molecule has 2 saturated carbocycles. The summed E-state index contributed by atoms with van der Waals surface area (Å²) in [6.07, 6.45) is 5.72. The molecule has 0 bridgehead atoms. The maximum Gasteiger partial charge on any atom is 0.123 e. The van der Waals surface area contributed by atoms with Crippen LogP contribution in [0.15, 0.2) is 12.2 Å². The third-order valence-corrected chi connectivity index (χ3v) is 5.32. The number of hydrogen-bond donors (Lipinski definition) is 1. The van der Waals surface area contributed by atoms with E-state index in [9.17, 15) is 9.90 Å². The minimum absolute atomic E-state index is 0.0469. The van der Waals surface area contributed by atoms with Gasteiger partial charge >= 0.3 is 0 Å². The Hall–Kier alpha value is -0.630. The minimum atomic E-state index is -0.283. The molecule has 0 aromatic heterocycles. The number of allylic oxidation sites excluding steroid dienone is 1. The summed E-state index contributed by atoms with van der Waals surface area (Å²) in [5, 5.41) is 9.82. The van der Waals surface area contributed by atoms with Gasteiger partial charge in [-0.2, -0.15) is 0 Å². The number of carbonyl (C=O) groups is 1. The molecule has 0 aliphatic heterocycles. The van der Waals surface area contributed by atoms with E-state index in [1.165, 1.54) is 12.0 Å². The van der Waals surface area contributed by atoms with Crippen LogP contribution in [0, 0.1) is 23.2 Å². The van der Waals surface area contributed by atoms with Crippen LogP contribution in [-0.2, 0) is 4.79 Å². The quantitative estimate of drug-likeness (QED) is 0.591. The van der Waals surface area contributed by atoms with Crippen LogP contribution in [0.2, 0.25) is 0 Å². The van der Waals surface area contributed by atoms with Crippen LogP contribution in [0.1, 0.15) is 46.0 Å². The molecule has 2 rings (SSSR count). The fourth-order valence-electron chi connectivity index (χ4n) is 4.13. The van der Waals surface area contributed by atoms with Crippen molar-refractivity contribution in [2.24, 2.45) is 23.2 Å². The van der Waals surface area contributed by atoms with Gasteiger partial charge in [0.2, 0.25) is 0 Å². The van der Waals surface area contributed by atoms with Crippen LogP contribution in [0.3, 0.4) is 0 Å². The fourth-order valence-corrected chi connectivity index (χ4v) is 4.13. The highest BCUT2D eigenvalue weighted by atomic mass is 16.3. The second-order valence-electron chi connectivity index (χ2n) is 6.29. The Labute approximate surface area is 104 Å². The highest BCUT2D eigenvalue weighted by Crippen LogP contribution is 2.57. The molecule has 2 fully saturated rings. The van der Waals surface area contributed by atoms with E-state index in [1.54, 1.807) is 0 Å². The summed E-state index contributed by atoms with van der Waals surface area (Å²) < 4.78 is 0. The van der Waals surface area contributed by atoms with Crippen LogP contribution in [0.4, 0.5) is 0 Å². The zero-order chi connectivity index (χ0) is 12.6. The average Bonchev–Trinajstić information content (AvgIpc) is 2.70. The monoisotopic (exact) mass is 236 g/mol. The molecular weight excluding hydrogens is 212 g/mol. The van der Waals surface area contributed by atoms with E-state index in [1.807, 2.05) is 0 Å². The zero-order valence-corrected chi connectivity index (χ0v) is 11.0. The SMILES string of the molecule is C=C(C)[C@H]1CC[C@@]2(C1)[C@H](C)C[C@H](O)C[C@@H]2C=O. The van der Waals surface area contributed by atoms with Gasteiger partial charge in [0.05, 0.1) is 6.10 Å². The molecule has 0 aromatic carbocycles. The molecule has 0 heterocycles. The summed E-state index contributed by atoms with van der Waals surface area (Å²) in [4.78, 5) is 11.4. The third-order valence-electron chi connectivity index (χ3n) is 5.32. The second kappa shape index (κ2) is 4.56. The molecular formula is C15H24O2. The number of aldehydes is 1. The Bertz CT molecular complexity index is 323. The molecule has 2 aliphatic carbocycles. The molecule has 17 heavy (non-hydrogen) atoms. The number of aliphatic hydroxyl groups excluding tert-OH is 1. The van der Waals surface area contributed by atoms with Crippen LogP contribution in [0.5, 0.6) is 0 Å². The first-order chi connectivity index (χ1) is 7.99. The van der Waals surface area contributed by atoms with Gasteiger partial charge in [0.1, 0.15) is 6.29 Å². The van der Waals surface area contributed by atoms with Gasteiger partial charge in [-0.25, -0.2) is 0 Å². The van der Waals surface area contributed by atoms with Gasteiger partial charge < -0.3 is 9.90 Å². The molecule has 0 radical (unpaired) electrons. The maximum atomic E-state index is 11.4. The molecule has 0 aromatic rings. The van der Waals surface area contributed by atoms with E-state index in [0.717, 1.165) is 25.5 Å². The standard InChI is InChI=1S/C15H24O2/c1-10(2)12-4-5-15(8-12)11(3)6-14(17)7-13(15)9-16/h9,11-14,17H,1,4-8H2,2-3H3/t11-,12+,13-,14+,15-/m1/s1. The number of hydrogen-bond acceptors (Lipinski definition) is 2. The lowest BCUT2D eigenvalue weighted by molar-refractivity contribution is -0.123. The highest BCUT2D eigenvalue weighted by Gasteiger charge is 2.51. The Morgan fingerprint density at radius 1 is 1.47 bits per heavy atom. The fraction of sp³-hybridized carbons (Fsp3) is 0.800. The highest BCUT2D eigenvalue weighted by molar-refractivity contribution is 5.56. The van der Waals surface area contributed by atoms with E-state index in [2.05, 4.69) is 20.4 Å². The van der Waals surface area contributed by atoms with Crippen molar-refractivity contribution in [3.63, 3.8) is 0 Å². The van der Waals surface area contributed by atoms with Crippen molar-refractivity contribution in [3.05, 3.63) is 12.2 Å². The number of carbonyl (C=O) groups excluding carboxylic acids is 1. The van der Waals surface area contributed by atoms with Gasteiger partial charge in [-0.05, 0) is 56.3 Å². The summed E-state index contributed by atoms with van der Waals surface area (Å²) in [6.45, 7) is 8.38. The van der Waals surface area contributed by atoms with Crippen molar-refractivity contribution in [3.8, 4) is 0 Å². The zero-order valence-electron chi connectivity index (χ0n) is 11.0. The largest absolute Gasteiger partial charge is 0.393 e. The Kier molecular flexibility index (Phi) is 3.44. The molecule has 96 valence electrons. The van der Waals surface area contributed by atoms with Gasteiger partial charge in [0.25, 0.3) is 0 Å². The van der Waals surface area contributed by atoms with Crippen molar-refractivity contribution in [1.82, 2.24) is 0 Å². The molecule has 0 saturated heterocycles. The average molecular weight is 236 g/mol. The van der Waals surface area contributed by atoms with E-state index in [-0.39, 0.29) is 17.4 Å². The molecule has 2 aliphatic rings. The Morgan fingerprint density at radius 3 is 2.71 bits per heavy atom. The first kappa shape index (κ1) is 12.8. The molecule has 2 nitrogen and oxygen atoms in total. The van der Waals surface area contributed by atoms with Gasteiger partial charge in [0, 0.05) is 5.92 Å². The topological polar surface area (TPSA) is 37.3 Å². The van der Waals surface area contributed by atoms with Gasteiger partial charge in [-0.3, -0.25) is 0 Å². The molecule has 1 N–H and O–H groups in total. The van der Waals surface area contributed by atoms with Crippen LogP contribution < -0.4 is 0 Å². The van der Waals surface area contributed by atoms with E-state index in [4.69, 9.17) is 0 Å². The summed E-state index contributed by atoms with van der Waals surface area (Å²) in [5.74, 6) is 1.08. The van der Waals surface area contributed by atoms with Crippen molar-refractivity contribution < 1.29 is 9.90 Å². The summed E-state index contributed by atoms with van der Waals surface area (Å²) in [5.41, 5.74) is 1.40. The summed E-state index contributed by atoms with van der Waals surface area (Å²) in [7, 11) is 0. The van der Waals surface area contributed by atoms with Crippen molar-refractivity contribution >= 4 is 6.29 Å². The number of rotatable bonds is 2. The van der Waals surface area contributed by atoms with Crippen molar-refractivity contribution in [1.29, 1.82) is 0 Å². The van der Waals surface area contributed by atoms with E-state index < -0.39 is 0 Å². The Balaban J connectivity index is 2.22. The first-order valence-corrected chi connectivity index (χ1v) is 6.78. The first-order valence-electron chi connectivity index (χ1n) is 6.78. The maximum absolute atomic E-state index is 11.4. The normalized spacial score (nSPS) is 46.1. The molecule has 2 heteroatoms. The molecule has 1 spiro atoms. The van der Waals surface area contributed by atoms with Crippen LogP contribution >= 0.6 is 0 Å². The lowest BCUT2D eigenvalue weighted by Crippen LogP contribution is -2.43. The second-order valence-corrected chi connectivity index (χ2v) is 6.29. The van der Waals surface area contributed by atoms with Crippen molar-refractivity contribution in [2.45, 2.75) is 52.1 Å². The van der Waals surface area contributed by atoms with E-state index >= 15 is 0 Å². The lowest BCUT2D eigenvalue weighted by atomic mass is 9.59. The van der Waals surface area contributed by atoms with Gasteiger partial charge in [-0.1, -0.05) is 19.1 Å². The molecule has 0 unspecified atom stereocenters. The third kappa shape index (κ3) is 2.08. The van der Waals surface area contributed by atoms with E-state index in [0.29, 0.717) is 18.3 Å². The summed E-state index contributed by atoms with van der Waals surface area (Å²) >= 11 is 0. The molecule has 0 amide bonds. The van der Waals surface area contributed by atoms with Crippen LogP contribution in [0.25, 0.3) is 0 Å². The van der Waals surface area contributed by atoms with Crippen molar-refractivity contribution in [2.75, 3.05) is 0 Å². The smallest absolute Gasteiger partial charge is 0.123 e.